The van der Waals surface area contributed by atoms with Crippen molar-refractivity contribution in [2.24, 2.45) is 5.92 Å². The van der Waals surface area contributed by atoms with Crippen LogP contribution in [0.2, 0.25) is 0 Å². The third-order valence-electron chi connectivity index (χ3n) is 3.54. The Hall–Kier alpha value is -0.0800. The van der Waals surface area contributed by atoms with Gasteiger partial charge >= 0.3 is 0 Å². The molecule has 1 aliphatic carbocycles. The summed E-state index contributed by atoms with van der Waals surface area (Å²) in [5, 5.41) is 0. The number of piperidine rings is 1. The number of fused-ring (bicyclic) bond motifs is 2. The smallest absolute Gasteiger partial charge is 0.0645 e. The molecule has 62 valence electrons. The van der Waals surface area contributed by atoms with Crippen molar-refractivity contribution < 1.29 is 4.74 Å². The predicted molar refractivity (Wildman–Crippen MR) is 42.4 cm³/mol. The largest absolute Gasteiger partial charge is 0.378 e. The highest BCUT2D eigenvalue weighted by Gasteiger charge is 2.42. The van der Waals surface area contributed by atoms with Gasteiger partial charge in [0.25, 0.3) is 0 Å². The average Bonchev–Trinajstić information content (AvgIpc) is 2.42. The molecule has 0 aromatic heterocycles. The van der Waals surface area contributed by atoms with E-state index in [2.05, 4.69) is 4.90 Å². The van der Waals surface area contributed by atoms with Gasteiger partial charge in [-0.2, -0.15) is 0 Å². The Bertz CT molecular complexity index is 167. The molecule has 2 heterocycles. The maximum atomic E-state index is 5.21. The molecule has 3 aliphatic rings. The second-order valence-corrected chi connectivity index (χ2v) is 4.22. The molecule has 0 radical (unpaired) electrons. The topological polar surface area (TPSA) is 12.5 Å². The van der Waals surface area contributed by atoms with E-state index in [0.717, 1.165) is 31.2 Å². The van der Waals surface area contributed by atoms with Crippen molar-refractivity contribution >= 4 is 0 Å². The summed E-state index contributed by atoms with van der Waals surface area (Å²) in [7, 11) is 0. The first-order chi connectivity index (χ1) is 5.43. The summed E-state index contributed by atoms with van der Waals surface area (Å²) in [6.45, 7) is 3.38. The molecule has 2 nitrogen and oxygen atoms in total. The number of nitrogens with zero attached hydrogens (tertiary/aromatic N) is 1. The Morgan fingerprint density at radius 1 is 1.09 bits per heavy atom. The van der Waals surface area contributed by atoms with Gasteiger partial charge in [-0.3, -0.25) is 4.90 Å². The second kappa shape index (κ2) is 2.20. The van der Waals surface area contributed by atoms with Crippen molar-refractivity contribution in [1.82, 2.24) is 4.90 Å². The lowest BCUT2D eigenvalue weighted by molar-refractivity contribution is -0.0743. The van der Waals surface area contributed by atoms with E-state index in [1.54, 1.807) is 0 Å². The van der Waals surface area contributed by atoms with Crippen molar-refractivity contribution in [1.29, 1.82) is 0 Å². The van der Waals surface area contributed by atoms with E-state index in [9.17, 15) is 0 Å². The minimum Gasteiger partial charge on any atom is -0.378 e. The third kappa shape index (κ3) is 0.859. The first-order valence-corrected chi connectivity index (χ1v) is 4.77. The lowest BCUT2D eigenvalue weighted by Gasteiger charge is -2.39. The molecule has 0 aromatic rings. The van der Waals surface area contributed by atoms with E-state index >= 15 is 0 Å². The fraction of sp³-hybridized carbons (Fsp3) is 1.00. The minimum atomic E-state index is 0.797. The van der Waals surface area contributed by atoms with Gasteiger partial charge in [-0.25, -0.2) is 0 Å². The van der Waals surface area contributed by atoms with Gasteiger partial charge in [-0.05, 0) is 25.2 Å². The Balaban J connectivity index is 1.70. The summed E-state index contributed by atoms with van der Waals surface area (Å²) in [6.07, 6.45) is 4.44. The van der Waals surface area contributed by atoms with Crippen LogP contribution >= 0.6 is 0 Å². The van der Waals surface area contributed by atoms with Crippen LogP contribution in [0, 0.1) is 5.92 Å². The normalized spacial score (nSPS) is 44.7. The third-order valence-corrected chi connectivity index (χ3v) is 3.54. The highest BCUT2D eigenvalue weighted by atomic mass is 16.5. The van der Waals surface area contributed by atoms with Crippen LogP contribution in [0.5, 0.6) is 0 Å². The second-order valence-electron chi connectivity index (χ2n) is 4.22. The van der Waals surface area contributed by atoms with Crippen LogP contribution < -0.4 is 0 Å². The van der Waals surface area contributed by atoms with Gasteiger partial charge in [0.05, 0.1) is 19.3 Å². The Labute approximate surface area is 67.5 Å². The molecule has 2 bridgehead atoms. The lowest BCUT2D eigenvalue weighted by Crippen LogP contribution is -2.51. The molecular weight excluding hydrogens is 138 g/mol. The summed E-state index contributed by atoms with van der Waals surface area (Å²) in [6, 6.07) is 1.74. The van der Waals surface area contributed by atoms with Gasteiger partial charge in [0, 0.05) is 12.6 Å². The van der Waals surface area contributed by atoms with Crippen LogP contribution in [0.15, 0.2) is 0 Å². The molecule has 2 aliphatic heterocycles. The first kappa shape index (κ1) is 6.44. The van der Waals surface area contributed by atoms with Crippen LogP contribution in [-0.2, 0) is 4.74 Å². The maximum Gasteiger partial charge on any atom is 0.0645 e. The van der Waals surface area contributed by atoms with Crippen LogP contribution in [0.3, 0.4) is 0 Å². The zero-order valence-corrected chi connectivity index (χ0v) is 6.83. The summed E-state index contributed by atoms with van der Waals surface area (Å²) in [5.74, 6) is 1.04. The van der Waals surface area contributed by atoms with E-state index in [0.29, 0.717) is 0 Å². The van der Waals surface area contributed by atoms with Gasteiger partial charge in [0.1, 0.15) is 0 Å². The molecule has 0 N–H and O–H groups in total. The number of hydrogen-bond acceptors (Lipinski definition) is 2. The molecular formula is C9H15NO. The molecule has 0 spiro atoms. The number of ether oxygens (including phenoxy) is 1. The van der Waals surface area contributed by atoms with E-state index in [-0.39, 0.29) is 0 Å². The summed E-state index contributed by atoms with van der Waals surface area (Å²) in [5.41, 5.74) is 0. The van der Waals surface area contributed by atoms with Crippen LogP contribution in [0.4, 0.5) is 0 Å². The maximum absolute atomic E-state index is 5.21. The van der Waals surface area contributed by atoms with Gasteiger partial charge in [-0.15, -0.1) is 0 Å². The zero-order valence-electron chi connectivity index (χ0n) is 6.83. The summed E-state index contributed by atoms with van der Waals surface area (Å²) in [4.78, 5) is 2.69. The molecule has 2 heteroatoms. The fourth-order valence-electron chi connectivity index (χ4n) is 2.82. The molecule has 2 saturated heterocycles. The lowest BCUT2D eigenvalue weighted by atomic mass is 10.1. The van der Waals surface area contributed by atoms with Crippen molar-refractivity contribution in [3.05, 3.63) is 0 Å². The molecule has 3 fully saturated rings. The fourth-order valence-corrected chi connectivity index (χ4v) is 2.82. The predicted octanol–water partition coefficient (Wildman–Crippen LogP) is 0.869. The minimum absolute atomic E-state index is 0.797. The van der Waals surface area contributed by atoms with Gasteiger partial charge in [0.2, 0.25) is 0 Å². The van der Waals surface area contributed by atoms with E-state index in [1.807, 2.05) is 0 Å². The molecule has 0 amide bonds. The Morgan fingerprint density at radius 3 is 2.45 bits per heavy atom. The first-order valence-electron chi connectivity index (χ1n) is 4.77. The average molecular weight is 153 g/mol. The quantitative estimate of drug-likeness (QED) is 0.554. The molecule has 3 rings (SSSR count). The van der Waals surface area contributed by atoms with E-state index in [4.69, 9.17) is 4.74 Å². The number of likely N-dealkylation sites (tertiary alicyclic amines) is 1. The molecule has 1 saturated carbocycles. The van der Waals surface area contributed by atoms with E-state index < -0.39 is 0 Å². The van der Waals surface area contributed by atoms with Gasteiger partial charge in [0.15, 0.2) is 0 Å². The number of rotatable bonds is 1. The van der Waals surface area contributed by atoms with Crippen LogP contribution in [0.1, 0.15) is 19.3 Å². The Morgan fingerprint density at radius 2 is 2.00 bits per heavy atom. The van der Waals surface area contributed by atoms with Crippen LogP contribution in [-0.4, -0.2) is 36.7 Å². The Kier molecular flexibility index (Phi) is 1.29. The van der Waals surface area contributed by atoms with Crippen molar-refractivity contribution in [2.75, 3.05) is 19.8 Å². The number of hydrogen-bond donors (Lipinski definition) is 0. The SMILES string of the molecule is C1CC2CC1CN2C1COC1. The highest BCUT2D eigenvalue weighted by molar-refractivity contribution is 4.96. The zero-order chi connectivity index (χ0) is 7.26. The van der Waals surface area contributed by atoms with Crippen LogP contribution in [0.25, 0.3) is 0 Å². The molecule has 11 heavy (non-hydrogen) atoms. The highest BCUT2D eigenvalue weighted by Crippen LogP contribution is 2.39. The summed E-state index contributed by atoms with van der Waals surface area (Å²) < 4.78 is 5.21. The van der Waals surface area contributed by atoms with Crippen molar-refractivity contribution in [3.8, 4) is 0 Å². The van der Waals surface area contributed by atoms with Crippen molar-refractivity contribution in [2.45, 2.75) is 31.3 Å². The van der Waals surface area contributed by atoms with Gasteiger partial charge in [-0.1, -0.05) is 0 Å². The molecule has 2 unspecified atom stereocenters. The summed E-state index contributed by atoms with van der Waals surface area (Å²) >= 11 is 0. The molecule has 2 atom stereocenters. The van der Waals surface area contributed by atoms with Crippen molar-refractivity contribution in [3.63, 3.8) is 0 Å². The molecule has 0 aromatic carbocycles. The monoisotopic (exact) mass is 153 g/mol. The standard InChI is InChI=1S/C9H15NO/c1-2-8-3-7(1)4-10(8)9-5-11-6-9/h7-9H,1-6H2. The van der Waals surface area contributed by atoms with E-state index in [1.165, 1.54) is 25.8 Å². The van der Waals surface area contributed by atoms with Gasteiger partial charge < -0.3 is 4.74 Å².